The van der Waals surface area contributed by atoms with Crippen molar-refractivity contribution in [2.45, 2.75) is 6.18 Å². The Balaban J connectivity index is 2.55. The predicted molar refractivity (Wildman–Crippen MR) is 46.3 cm³/mol. The molecule has 0 atom stereocenters. The fourth-order valence-corrected chi connectivity index (χ4v) is 0.903. The van der Waals surface area contributed by atoms with Gasteiger partial charge in [0.2, 0.25) is 0 Å². The van der Waals surface area contributed by atoms with Crippen LogP contribution in [0.15, 0.2) is 12.3 Å². The fourth-order valence-electron chi connectivity index (χ4n) is 0.536. The van der Waals surface area contributed by atoms with Gasteiger partial charge in [0.05, 0.1) is 0 Å². The van der Waals surface area contributed by atoms with Gasteiger partial charge in [-0.3, -0.25) is 0 Å². The first-order chi connectivity index (χ1) is 5.97. The van der Waals surface area contributed by atoms with Crippen LogP contribution in [-0.4, -0.2) is 22.8 Å². The molecule has 0 bridgehead atoms. The number of nitrogens with zero attached hydrogens (tertiary/aromatic N) is 2. The van der Waals surface area contributed by atoms with Crippen LogP contribution in [0.5, 0.6) is 6.01 Å². The summed E-state index contributed by atoms with van der Waals surface area (Å²) in [7, 11) is 0. The Morgan fingerprint density at radius 2 is 2.15 bits per heavy atom. The van der Waals surface area contributed by atoms with Gasteiger partial charge >= 0.3 is 12.2 Å². The van der Waals surface area contributed by atoms with Crippen molar-refractivity contribution in [3.05, 3.63) is 16.0 Å². The largest absolute Gasteiger partial charge is 0.454 e. The first-order valence-corrected chi connectivity index (χ1v) is 4.23. The Kier molecular flexibility index (Phi) is 3.28. The van der Waals surface area contributed by atoms with E-state index in [1.807, 2.05) is 22.6 Å². The van der Waals surface area contributed by atoms with Gasteiger partial charge < -0.3 is 4.74 Å². The maximum absolute atomic E-state index is 11.7. The molecular formula is C6H4F3IN2O. The standard InChI is InChI=1S/C6H4F3IN2O/c7-6(8,9)3-13-5-11-2-1-4(10)12-5/h1-2H,3H2. The molecule has 0 aliphatic heterocycles. The molecule has 0 aliphatic rings. The molecule has 0 saturated heterocycles. The summed E-state index contributed by atoms with van der Waals surface area (Å²) >= 11 is 1.85. The molecule has 1 rings (SSSR count). The van der Waals surface area contributed by atoms with Crippen molar-refractivity contribution in [3.63, 3.8) is 0 Å². The summed E-state index contributed by atoms with van der Waals surface area (Å²) in [6, 6.07) is 1.30. The van der Waals surface area contributed by atoms with Crippen molar-refractivity contribution in [3.8, 4) is 6.01 Å². The molecule has 1 aromatic heterocycles. The number of ether oxygens (including phenoxy) is 1. The van der Waals surface area contributed by atoms with Crippen LogP contribution in [0.4, 0.5) is 13.2 Å². The van der Waals surface area contributed by atoms with Crippen LogP contribution in [0.1, 0.15) is 0 Å². The van der Waals surface area contributed by atoms with Crippen LogP contribution in [0.25, 0.3) is 0 Å². The number of alkyl halides is 3. The van der Waals surface area contributed by atoms with Gasteiger partial charge in [0.25, 0.3) is 0 Å². The lowest BCUT2D eigenvalue weighted by Crippen LogP contribution is -2.20. The number of aromatic nitrogens is 2. The van der Waals surface area contributed by atoms with Gasteiger partial charge in [-0.1, -0.05) is 0 Å². The summed E-state index contributed by atoms with van der Waals surface area (Å²) in [5, 5.41) is 0. The molecule has 0 aliphatic carbocycles. The zero-order valence-corrected chi connectivity index (χ0v) is 8.33. The topological polar surface area (TPSA) is 35.0 Å². The zero-order chi connectivity index (χ0) is 9.90. The third-order valence-corrected chi connectivity index (χ3v) is 1.57. The van der Waals surface area contributed by atoms with Crippen molar-refractivity contribution < 1.29 is 17.9 Å². The van der Waals surface area contributed by atoms with Gasteiger partial charge in [0.1, 0.15) is 3.70 Å². The summed E-state index contributed by atoms with van der Waals surface area (Å²) in [6.07, 6.45) is -3.02. The second-order valence-corrected chi connectivity index (χ2v) is 3.17. The van der Waals surface area contributed by atoms with E-state index in [0.717, 1.165) is 0 Å². The van der Waals surface area contributed by atoms with Crippen LogP contribution in [0.3, 0.4) is 0 Å². The second-order valence-electron chi connectivity index (χ2n) is 2.07. The Hall–Kier alpha value is -0.600. The monoisotopic (exact) mass is 304 g/mol. The maximum atomic E-state index is 11.7. The van der Waals surface area contributed by atoms with E-state index in [2.05, 4.69) is 14.7 Å². The number of hydrogen-bond acceptors (Lipinski definition) is 3. The lowest BCUT2D eigenvalue weighted by Gasteiger charge is -2.06. The third-order valence-electron chi connectivity index (χ3n) is 0.964. The second kappa shape index (κ2) is 4.07. The summed E-state index contributed by atoms with van der Waals surface area (Å²) in [6.45, 7) is -1.37. The van der Waals surface area contributed by atoms with E-state index in [1.165, 1.54) is 6.20 Å². The molecule has 1 aromatic rings. The van der Waals surface area contributed by atoms with Crippen LogP contribution in [0, 0.1) is 3.70 Å². The smallest absolute Gasteiger partial charge is 0.422 e. The number of rotatable bonds is 2. The fraction of sp³-hybridized carbons (Fsp3) is 0.333. The first kappa shape index (κ1) is 10.5. The van der Waals surface area contributed by atoms with Crippen LogP contribution in [0.2, 0.25) is 0 Å². The Labute approximate surface area is 85.5 Å². The molecule has 72 valence electrons. The van der Waals surface area contributed by atoms with E-state index in [0.29, 0.717) is 3.70 Å². The molecule has 0 saturated carbocycles. The molecule has 0 unspecified atom stereocenters. The Morgan fingerprint density at radius 3 is 2.69 bits per heavy atom. The lowest BCUT2D eigenvalue weighted by atomic mass is 10.7. The predicted octanol–water partition coefficient (Wildman–Crippen LogP) is 2.02. The quantitative estimate of drug-likeness (QED) is 0.619. The summed E-state index contributed by atoms with van der Waals surface area (Å²) in [5.41, 5.74) is 0. The van der Waals surface area contributed by atoms with Crippen molar-refractivity contribution >= 4 is 22.6 Å². The van der Waals surface area contributed by atoms with E-state index >= 15 is 0 Å². The molecule has 0 spiro atoms. The molecule has 3 nitrogen and oxygen atoms in total. The van der Waals surface area contributed by atoms with Crippen molar-refractivity contribution in [2.75, 3.05) is 6.61 Å². The lowest BCUT2D eigenvalue weighted by molar-refractivity contribution is -0.154. The molecule has 0 radical (unpaired) electrons. The molecule has 0 N–H and O–H groups in total. The molecule has 0 amide bonds. The highest BCUT2D eigenvalue weighted by Gasteiger charge is 2.28. The van der Waals surface area contributed by atoms with Gasteiger partial charge in [-0.2, -0.15) is 18.2 Å². The van der Waals surface area contributed by atoms with Gasteiger partial charge in [0, 0.05) is 6.20 Å². The molecular weight excluding hydrogens is 300 g/mol. The van der Waals surface area contributed by atoms with E-state index in [1.54, 1.807) is 6.07 Å². The SMILES string of the molecule is FC(F)(F)COc1nccc(I)n1. The van der Waals surface area contributed by atoms with Crippen molar-refractivity contribution in [2.24, 2.45) is 0 Å². The van der Waals surface area contributed by atoms with Gasteiger partial charge in [-0.25, -0.2) is 4.98 Å². The van der Waals surface area contributed by atoms with E-state index in [4.69, 9.17) is 0 Å². The zero-order valence-electron chi connectivity index (χ0n) is 6.18. The molecule has 13 heavy (non-hydrogen) atoms. The molecule has 1 heterocycles. The molecule has 7 heteroatoms. The van der Waals surface area contributed by atoms with Crippen LogP contribution in [-0.2, 0) is 0 Å². The van der Waals surface area contributed by atoms with Gasteiger partial charge in [-0.15, -0.1) is 0 Å². The van der Waals surface area contributed by atoms with Crippen molar-refractivity contribution in [1.82, 2.24) is 9.97 Å². The summed E-state index contributed by atoms with van der Waals surface area (Å²) in [5.74, 6) is 0. The van der Waals surface area contributed by atoms with Gasteiger partial charge in [0.15, 0.2) is 6.61 Å². The normalized spacial score (nSPS) is 11.4. The number of hydrogen-bond donors (Lipinski definition) is 0. The number of halogens is 4. The van der Waals surface area contributed by atoms with Crippen LogP contribution >= 0.6 is 22.6 Å². The minimum absolute atomic E-state index is 0.260. The highest BCUT2D eigenvalue weighted by molar-refractivity contribution is 14.1. The maximum Gasteiger partial charge on any atom is 0.422 e. The Bertz CT molecular complexity index is 291. The minimum Gasteiger partial charge on any atom is -0.454 e. The summed E-state index contributed by atoms with van der Waals surface area (Å²) in [4.78, 5) is 7.13. The summed E-state index contributed by atoms with van der Waals surface area (Å²) < 4.78 is 39.8. The third kappa shape index (κ3) is 4.25. The van der Waals surface area contributed by atoms with Crippen LogP contribution < -0.4 is 4.74 Å². The minimum atomic E-state index is -4.36. The van der Waals surface area contributed by atoms with Crippen molar-refractivity contribution in [1.29, 1.82) is 0 Å². The average Bonchev–Trinajstić information content (AvgIpc) is 2.00. The van der Waals surface area contributed by atoms with Gasteiger partial charge in [-0.05, 0) is 28.7 Å². The highest BCUT2D eigenvalue weighted by atomic mass is 127. The first-order valence-electron chi connectivity index (χ1n) is 3.15. The highest BCUT2D eigenvalue weighted by Crippen LogP contribution is 2.15. The van der Waals surface area contributed by atoms with E-state index in [9.17, 15) is 13.2 Å². The average molecular weight is 304 g/mol. The molecule has 0 aromatic carbocycles. The Morgan fingerprint density at radius 1 is 1.46 bits per heavy atom. The van der Waals surface area contributed by atoms with E-state index in [-0.39, 0.29) is 6.01 Å². The molecule has 0 fully saturated rings. The van der Waals surface area contributed by atoms with E-state index < -0.39 is 12.8 Å².